The lowest BCUT2D eigenvalue weighted by atomic mass is 10.5. The zero-order valence-corrected chi connectivity index (χ0v) is 9.64. The summed E-state index contributed by atoms with van der Waals surface area (Å²) < 4.78 is 15.4. The predicted molar refractivity (Wildman–Crippen MR) is 57.4 cm³/mol. The third-order valence-electron chi connectivity index (χ3n) is 1.56. The van der Waals surface area contributed by atoms with Gasteiger partial charge in [0.25, 0.3) is 0 Å². The highest BCUT2D eigenvalue weighted by Crippen LogP contribution is 2.09. The summed E-state index contributed by atoms with van der Waals surface area (Å²) in [5.74, 6) is 0.0617. The molecule has 90 valence electrons. The lowest BCUT2D eigenvalue weighted by Crippen LogP contribution is -2.13. The first-order valence-corrected chi connectivity index (χ1v) is 4.91. The fourth-order valence-electron chi connectivity index (χ4n) is 0.925. The van der Waals surface area contributed by atoms with Crippen LogP contribution in [-0.4, -0.2) is 41.4 Å². The van der Waals surface area contributed by atoms with Gasteiger partial charge in [-0.25, -0.2) is 0 Å². The minimum atomic E-state index is 0.0617. The monoisotopic (exact) mass is 228 g/mol. The van der Waals surface area contributed by atoms with Crippen LogP contribution in [0.1, 0.15) is 13.8 Å². The average Bonchev–Trinajstić information content (AvgIpc) is 2.23. The molecule has 1 rings (SSSR count). The molecule has 0 aliphatic carbocycles. The van der Waals surface area contributed by atoms with Crippen LogP contribution in [0, 0.1) is 0 Å². The second kappa shape index (κ2) is 6.06. The summed E-state index contributed by atoms with van der Waals surface area (Å²) in [4.78, 5) is 11.4. The van der Waals surface area contributed by atoms with Crippen LogP contribution in [-0.2, 0) is 4.74 Å². The van der Waals surface area contributed by atoms with Gasteiger partial charge in [0, 0.05) is 0 Å². The molecule has 7 heteroatoms. The second-order valence-corrected chi connectivity index (χ2v) is 3.23. The Morgan fingerprint density at radius 1 is 1.12 bits per heavy atom. The Bertz CT molecular complexity index is 333. The number of nitrogen functional groups attached to an aromatic ring is 1. The lowest BCUT2D eigenvalue weighted by molar-refractivity contribution is 0.0529. The summed E-state index contributed by atoms with van der Waals surface area (Å²) in [6, 6.07) is 0.268. The van der Waals surface area contributed by atoms with Gasteiger partial charge in [-0.15, -0.1) is 4.98 Å². The normalized spacial score (nSPS) is 10.5. The molecule has 1 aromatic rings. The number of nitrogens with two attached hydrogens (primary N) is 1. The van der Waals surface area contributed by atoms with Gasteiger partial charge in [0.05, 0.1) is 19.8 Å². The van der Waals surface area contributed by atoms with Gasteiger partial charge in [-0.3, -0.25) is 0 Å². The van der Waals surface area contributed by atoms with Gasteiger partial charge in [-0.2, -0.15) is 9.97 Å². The number of hydrogen-bond acceptors (Lipinski definition) is 7. The van der Waals surface area contributed by atoms with E-state index in [1.54, 1.807) is 0 Å². The molecule has 1 aromatic heterocycles. The van der Waals surface area contributed by atoms with Crippen molar-refractivity contribution in [2.24, 2.45) is 0 Å². The molecule has 0 radical (unpaired) electrons. The molecule has 0 unspecified atom stereocenters. The van der Waals surface area contributed by atoms with Crippen molar-refractivity contribution >= 4 is 5.95 Å². The van der Waals surface area contributed by atoms with Crippen LogP contribution in [0.3, 0.4) is 0 Å². The van der Waals surface area contributed by atoms with Gasteiger partial charge in [0.2, 0.25) is 5.95 Å². The Labute approximate surface area is 94.0 Å². The summed E-state index contributed by atoms with van der Waals surface area (Å²) >= 11 is 0. The highest BCUT2D eigenvalue weighted by atomic mass is 16.5. The first kappa shape index (κ1) is 12.4. The standard InChI is InChI=1S/C9H16N4O3/c1-6(2)15-4-5-16-9-12-7(10)11-8(13-9)14-3/h6H,4-5H2,1-3H3,(H2,10,11,12,13). The molecular weight excluding hydrogens is 212 g/mol. The zero-order valence-electron chi connectivity index (χ0n) is 9.64. The third kappa shape index (κ3) is 4.26. The predicted octanol–water partition coefficient (Wildman–Crippen LogP) is 0.266. The number of aromatic nitrogens is 3. The van der Waals surface area contributed by atoms with Crippen LogP contribution < -0.4 is 15.2 Å². The van der Waals surface area contributed by atoms with Crippen molar-refractivity contribution in [3.8, 4) is 12.0 Å². The summed E-state index contributed by atoms with van der Waals surface area (Å²) in [5, 5.41) is 0. The first-order valence-electron chi connectivity index (χ1n) is 4.91. The molecule has 16 heavy (non-hydrogen) atoms. The fourth-order valence-corrected chi connectivity index (χ4v) is 0.925. The molecule has 1 heterocycles. The van der Waals surface area contributed by atoms with Gasteiger partial charge in [-0.05, 0) is 13.8 Å². The van der Waals surface area contributed by atoms with Gasteiger partial charge in [-0.1, -0.05) is 0 Å². The molecular formula is C9H16N4O3. The summed E-state index contributed by atoms with van der Waals surface area (Å²) in [7, 11) is 1.44. The fraction of sp³-hybridized carbons (Fsp3) is 0.667. The van der Waals surface area contributed by atoms with E-state index in [-0.39, 0.29) is 24.1 Å². The van der Waals surface area contributed by atoms with E-state index >= 15 is 0 Å². The lowest BCUT2D eigenvalue weighted by Gasteiger charge is -2.08. The van der Waals surface area contributed by atoms with Crippen LogP contribution in [0.5, 0.6) is 12.0 Å². The highest BCUT2D eigenvalue weighted by molar-refractivity contribution is 5.20. The van der Waals surface area contributed by atoms with E-state index in [0.717, 1.165) is 0 Å². The second-order valence-electron chi connectivity index (χ2n) is 3.23. The van der Waals surface area contributed by atoms with E-state index in [1.165, 1.54) is 7.11 Å². The number of rotatable bonds is 6. The van der Waals surface area contributed by atoms with E-state index in [2.05, 4.69) is 15.0 Å². The summed E-state index contributed by atoms with van der Waals surface area (Å²) in [5.41, 5.74) is 5.43. The largest absolute Gasteiger partial charge is 0.467 e. The topological polar surface area (TPSA) is 92.4 Å². The first-order chi connectivity index (χ1) is 7.61. The number of nitrogens with zero attached hydrogens (tertiary/aromatic N) is 3. The van der Waals surface area contributed by atoms with Crippen molar-refractivity contribution in [3.63, 3.8) is 0 Å². The molecule has 2 N–H and O–H groups in total. The van der Waals surface area contributed by atoms with Gasteiger partial charge in [0.1, 0.15) is 6.61 Å². The maximum absolute atomic E-state index is 5.43. The molecule has 0 aliphatic rings. The number of hydrogen-bond donors (Lipinski definition) is 1. The quantitative estimate of drug-likeness (QED) is 0.698. The SMILES string of the molecule is COc1nc(N)nc(OCCOC(C)C)n1. The third-order valence-corrected chi connectivity index (χ3v) is 1.56. The number of anilines is 1. The van der Waals surface area contributed by atoms with Crippen LogP contribution >= 0.6 is 0 Å². The molecule has 0 amide bonds. The maximum atomic E-state index is 5.43. The van der Waals surface area contributed by atoms with Crippen LogP contribution in [0.15, 0.2) is 0 Å². The van der Waals surface area contributed by atoms with Crippen molar-refractivity contribution in [1.29, 1.82) is 0 Å². The van der Waals surface area contributed by atoms with Crippen molar-refractivity contribution in [1.82, 2.24) is 15.0 Å². The molecule has 0 aliphatic heterocycles. The van der Waals surface area contributed by atoms with Gasteiger partial charge < -0.3 is 19.9 Å². The Kier molecular flexibility index (Phi) is 4.71. The Morgan fingerprint density at radius 2 is 1.81 bits per heavy atom. The molecule has 0 saturated heterocycles. The van der Waals surface area contributed by atoms with E-state index in [9.17, 15) is 0 Å². The van der Waals surface area contributed by atoms with Gasteiger partial charge >= 0.3 is 12.0 Å². The Balaban J connectivity index is 2.44. The molecule has 0 aromatic carbocycles. The maximum Gasteiger partial charge on any atom is 0.324 e. The van der Waals surface area contributed by atoms with E-state index in [4.69, 9.17) is 19.9 Å². The molecule has 0 saturated carbocycles. The molecule has 0 fully saturated rings. The number of ether oxygens (including phenoxy) is 3. The Hall–Kier alpha value is -1.63. The minimum absolute atomic E-state index is 0.0617. The van der Waals surface area contributed by atoms with E-state index in [0.29, 0.717) is 13.2 Å². The van der Waals surface area contributed by atoms with Crippen LogP contribution in [0.25, 0.3) is 0 Å². The van der Waals surface area contributed by atoms with Crippen molar-refractivity contribution in [2.45, 2.75) is 20.0 Å². The molecule has 0 atom stereocenters. The van der Waals surface area contributed by atoms with Crippen LogP contribution in [0.2, 0.25) is 0 Å². The van der Waals surface area contributed by atoms with Crippen molar-refractivity contribution in [3.05, 3.63) is 0 Å². The summed E-state index contributed by atoms with van der Waals surface area (Å²) in [6.07, 6.45) is 0.168. The average molecular weight is 228 g/mol. The zero-order chi connectivity index (χ0) is 12.0. The van der Waals surface area contributed by atoms with Crippen LogP contribution in [0.4, 0.5) is 5.95 Å². The molecule has 0 spiro atoms. The van der Waals surface area contributed by atoms with E-state index in [1.807, 2.05) is 13.8 Å². The van der Waals surface area contributed by atoms with E-state index < -0.39 is 0 Å². The molecule has 7 nitrogen and oxygen atoms in total. The van der Waals surface area contributed by atoms with Gasteiger partial charge in [0.15, 0.2) is 0 Å². The van der Waals surface area contributed by atoms with Crippen molar-refractivity contribution in [2.75, 3.05) is 26.1 Å². The minimum Gasteiger partial charge on any atom is -0.467 e. The molecule has 0 bridgehead atoms. The van der Waals surface area contributed by atoms with Crippen molar-refractivity contribution < 1.29 is 14.2 Å². The number of methoxy groups -OCH3 is 1. The smallest absolute Gasteiger partial charge is 0.324 e. The Morgan fingerprint density at radius 3 is 2.44 bits per heavy atom. The summed E-state index contributed by atoms with van der Waals surface area (Å²) in [6.45, 7) is 4.71. The highest BCUT2D eigenvalue weighted by Gasteiger charge is 2.05.